The van der Waals surface area contributed by atoms with E-state index in [4.69, 9.17) is 11.6 Å². The molecule has 148 valence electrons. The number of halogens is 3. The van der Waals surface area contributed by atoms with Crippen LogP contribution in [0.5, 0.6) is 0 Å². The van der Waals surface area contributed by atoms with Crippen LogP contribution in [0, 0.1) is 11.6 Å². The third-order valence-electron chi connectivity index (χ3n) is 4.62. The second-order valence-electron chi connectivity index (χ2n) is 6.54. The molecule has 1 atom stereocenters. The molecule has 4 rings (SSSR count). The van der Waals surface area contributed by atoms with Crippen LogP contribution < -0.4 is 5.32 Å². The van der Waals surface area contributed by atoms with E-state index in [-0.39, 0.29) is 30.2 Å². The summed E-state index contributed by atoms with van der Waals surface area (Å²) in [5.74, 6) is -2.48. The Balaban J connectivity index is 1.82. The zero-order valence-electron chi connectivity index (χ0n) is 15.0. The maximum absolute atomic E-state index is 14.5. The lowest BCUT2D eigenvalue weighted by molar-refractivity contribution is -0.109. The highest BCUT2D eigenvalue weighted by atomic mass is 35.5. The summed E-state index contributed by atoms with van der Waals surface area (Å²) in [7, 11) is 0. The molecule has 2 aromatic carbocycles. The molecule has 29 heavy (non-hydrogen) atoms. The topological polar surface area (TPSA) is 67.2 Å². The number of aromatic nitrogens is 2. The normalized spacial score (nSPS) is 16.2. The quantitative estimate of drug-likeness (QED) is 0.664. The van der Waals surface area contributed by atoms with Gasteiger partial charge in [0.2, 0.25) is 0 Å². The standard InChI is InChI=1S/C20H15ClF2N4O2/c21-12-3-1-4-14(7-12)27-18(15-5-2-6-16(22)19(15)23)8-17(25-27)20(29)26-9-13(10-28)24-11-26/h1-8,10,13,24H,9,11H2. The van der Waals surface area contributed by atoms with Gasteiger partial charge in [0.1, 0.15) is 6.29 Å². The zero-order valence-corrected chi connectivity index (χ0v) is 15.7. The summed E-state index contributed by atoms with van der Waals surface area (Å²) in [6.45, 7) is 0.395. The molecule has 1 N–H and O–H groups in total. The highest BCUT2D eigenvalue weighted by molar-refractivity contribution is 6.30. The van der Waals surface area contributed by atoms with Crippen molar-refractivity contribution in [2.24, 2.45) is 0 Å². The Morgan fingerprint density at radius 1 is 1.21 bits per heavy atom. The number of benzene rings is 2. The van der Waals surface area contributed by atoms with E-state index in [1.807, 2.05) is 0 Å². The van der Waals surface area contributed by atoms with Gasteiger partial charge in [-0.05, 0) is 36.4 Å². The monoisotopic (exact) mass is 416 g/mol. The number of amides is 1. The Kier molecular flexibility index (Phi) is 5.12. The van der Waals surface area contributed by atoms with E-state index in [0.717, 1.165) is 12.4 Å². The van der Waals surface area contributed by atoms with E-state index in [1.165, 1.54) is 27.8 Å². The molecule has 6 nitrogen and oxygen atoms in total. The van der Waals surface area contributed by atoms with Crippen LogP contribution in [0.15, 0.2) is 48.5 Å². The van der Waals surface area contributed by atoms with Crippen LogP contribution in [0.4, 0.5) is 8.78 Å². The van der Waals surface area contributed by atoms with Crippen LogP contribution in [-0.2, 0) is 4.79 Å². The number of nitrogens with zero attached hydrogens (tertiary/aromatic N) is 3. The molecule has 1 aromatic heterocycles. The van der Waals surface area contributed by atoms with Gasteiger partial charge in [-0.2, -0.15) is 5.10 Å². The van der Waals surface area contributed by atoms with E-state index >= 15 is 0 Å². The summed E-state index contributed by atoms with van der Waals surface area (Å²) in [6, 6.07) is 11.4. The number of rotatable bonds is 4. The van der Waals surface area contributed by atoms with Crippen LogP contribution in [0.3, 0.4) is 0 Å². The van der Waals surface area contributed by atoms with Crippen molar-refractivity contribution < 1.29 is 18.4 Å². The van der Waals surface area contributed by atoms with Gasteiger partial charge < -0.3 is 9.69 Å². The third kappa shape index (κ3) is 3.64. The lowest BCUT2D eigenvalue weighted by atomic mass is 10.1. The highest BCUT2D eigenvalue weighted by Gasteiger charge is 2.29. The number of hydrogen-bond acceptors (Lipinski definition) is 4. The van der Waals surface area contributed by atoms with E-state index < -0.39 is 23.6 Å². The number of carbonyl (C=O) groups excluding carboxylic acids is 2. The summed E-state index contributed by atoms with van der Waals surface area (Å²) in [6.07, 6.45) is 0.728. The van der Waals surface area contributed by atoms with Crippen LogP contribution in [0.25, 0.3) is 16.9 Å². The van der Waals surface area contributed by atoms with Gasteiger partial charge in [0, 0.05) is 17.1 Å². The van der Waals surface area contributed by atoms with Gasteiger partial charge >= 0.3 is 0 Å². The molecule has 1 aliphatic heterocycles. The molecule has 1 amide bonds. The summed E-state index contributed by atoms with van der Waals surface area (Å²) in [4.78, 5) is 25.2. The van der Waals surface area contributed by atoms with Crippen molar-refractivity contribution in [3.63, 3.8) is 0 Å². The number of carbonyl (C=O) groups is 2. The van der Waals surface area contributed by atoms with Gasteiger partial charge in [-0.1, -0.05) is 23.7 Å². The molecule has 0 saturated carbocycles. The lowest BCUT2D eigenvalue weighted by Gasteiger charge is -2.12. The predicted molar refractivity (Wildman–Crippen MR) is 103 cm³/mol. The van der Waals surface area contributed by atoms with E-state index in [2.05, 4.69) is 10.4 Å². The van der Waals surface area contributed by atoms with Crippen molar-refractivity contribution >= 4 is 23.8 Å². The Hall–Kier alpha value is -3.10. The second-order valence-corrected chi connectivity index (χ2v) is 6.98. The first-order valence-corrected chi connectivity index (χ1v) is 9.14. The maximum atomic E-state index is 14.5. The van der Waals surface area contributed by atoms with Crippen molar-refractivity contribution in [3.8, 4) is 16.9 Å². The van der Waals surface area contributed by atoms with Crippen molar-refractivity contribution in [2.75, 3.05) is 13.2 Å². The average molecular weight is 417 g/mol. The summed E-state index contributed by atoms with van der Waals surface area (Å²) in [5.41, 5.74) is 0.686. The van der Waals surface area contributed by atoms with E-state index in [0.29, 0.717) is 10.7 Å². The molecule has 0 spiro atoms. The minimum Gasteiger partial charge on any atom is -0.322 e. The molecular formula is C20H15ClF2N4O2. The maximum Gasteiger partial charge on any atom is 0.275 e. The third-order valence-corrected chi connectivity index (χ3v) is 4.86. The van der Waals surface area contributed by atoms with E-state index in [1.54, 1.807) is 24.3 Å². The Bertz CT molecular complexity index is 1100. The summed E-state index contributed by atoms with van der Waals surface area (Å²) >= 11 is 6.06. The fourth-order valence-corrected chi connectivity index (χ4v) is 3.37. The number of nitrogens with one attached hydrogen (secondary N) is 1. The van der Waals surface area contributed by atoms with Gasteiger partial charge in [0.05, 0.1) is 24.1 Å². The first-order chi connectivity index (χ1) is 14.0. The van der Waals surface area contributed by atoms with Gasteiger partial charge in [-0.15, -0.1) is 0 Å². The minimum absolute atomic E-state index is 0.0389. The fraction of sp³-hybridized carbons (Fsp3) is 0.150. The van der Waals surface area contributed by atoms with Crippen molar-refractivity contribution in [2.45, 2.75) is 6.04 Å². The Labute approximate surface area is 169 Å². The molecule has 0 aliphatic carbocycles. The van der Waals surface area contributed by atoms with Crippen molar-refractivity contribution in [3.05, 3.63) is 70.9 Å². The zero-order chi connectivity index (χ0) is 20.5. The minimum atomic E-state index is -1.04. The molecule has 1 fully saturated rings. The largest absolute Gasteiger partial charge is 0.322 e. The summed E-state index contributed by atoms with van der Waals surface area (Å²) < 4.78 is 29.6. The number of hydrogen-bond donors (Lipinski definition) is 1. The van der Waals surface area contributed by atoms with Crippen LogP contribution in [0.1, 0.15) is 10.5 Å². The van der Waals surface area contributed by atoms with Crippen molar-refractivity contribution in [1.82, 2.24) is 20.0 Å². The first kappa shape index (κ1) is 19.2. The molecule has 3 aromatic rings. The molecule has 0 bridgehead atoms. The molecule has 2 heterocycles. The van der Waals surface area contributed by atoms with Crippen molar-refractivity contribution in [1.29, 1.82) is 0 Å². The smallest absolute Gasteiger partial charge is 0.275 e. The second kappa shape index (κ2) is 7.73. The predicted octanol–water partition coefficient (Wildman–Crippen LogP) is 3.04. The fourth-order valence-electron chi connectivity index (χ4n) is 3.19. The van der Waals surface area contributed by atoms with E-state index in [9.17, 15) is 18.4 Å². The molecule has 1 saturated heterocycles. The molecular weight excluding hydrogens is 402 g/mol. The Morgan fingerprint density at radius 2 is 2.00 bits per heavy atom. The number of aldehydes is 1. The summed E-state index contributed by atoms with van der Waals surface area (Å²) in [5, 5.41) is 7.64. The molecule has 0 radical (unpaired) electrons. The average Bonchev–Trinajstić information content (AvgIpc) is 3.37. The van der Waals surface area contributed by atoms with Gasteiger partial charge in [0.15, 0.2) is 17.3 Å². The molecule has 9 heteroatoms. The molecule has 1 aliphatic rings. The van der Waals surface area contributed by atoms with Gasteiger partial charge in [0.25, 0.3) is 5.91 Å². The first-order valence-electron chi connectivity index (χ1n) is 8.76. The van der Waals surface area contributed by atoms with Crippen LogP contribution >= 0.6 is 11.6 Å². The van der Waals surface area contributed by atoms with Crippen LogP contribution in [0.2, 0.25) is 5.02 Å². The van der Waals surface area contributed by atoms with Gasteiger partial charge in [-0.25, -0.2) is 13.5 Å². The molecule has 1 unspecified atom stereocenters. The Morgan fingerprint density at radius 3 is 2.72 bits per heavy atom. The SMILES string of the molecule is O=CC1CN(C(=O)c2cc(-c3cccc(F)c3F)n(-c3cccc(Cl)c3)n2)CN1. The highest BCUT2D eigenvalue weighted by Crippen LogP contribution is 2.29. The van der Waals surface area contributed by atoms with Crippen LogP contribution in [-0.4, -0.2) is 46.1 Å². The lowest BCUT2D eigenvalue weighted by Crippen LogP contribution is -2.30. The van der Waals surface area contributed by atoms with Gasteiger partial charge in [-0.3, -0.25) is 10.1 Å².